The van der Waals surface area contributed by atoms with Gasteiger partial charge >= 0.3 is 12.3 Å². The summed E-state index contributed by atoms with van der Waals surface area (Å²) in [5.41, 5.74) is -0.610. The molecule has 0 N–H and O–H groups in total. The number of nitrogens with zero attached hydrogens (tertiary/aromatic N) is 1. The van der Waals surface area contributed by atoms with Crippen LogP contribution in [0.3, 0.4) is 0 Å². The lowest BCUT2D eigenvalue weighted by Gasteiger charge is -2.19. The van der Waals surface area contributed by atoms with E-state index in [9.17, 15) is 22.4 Å². The molecule has 1 aliphatic rings. The average Bonchev–Trinajstić information content (AvgIpc) is 2.33. The van der Waals surface area contributed by atoms with Gasteiger partial charge in [-0.1, -0.05) is 6.07 Å². The fourth-order valence-corrected chi connectivity index (χ4v) is 1.93. The van der Waals surface area contributed by atoms with E-state index in [4.69, 9.17) is 0 Å². The Kier molecular flexibility index (Phi) is 2.95. The Labute approximate surface area is 106 Å². The summed E-state index contributed by atoms with van der Waals surface area (Å²) in [6, 6.07) is 2.84. The Morgan fingerprint density at radius 1 is 1.37 bits per heavy atom. The van der Waals surface area contributed by atoms with E-state index >= 15 is 0 Å². The lowest BCUT2D eigenvalue weighted by molar-refractivity contribution is -0.137. The van der Waals surface area contributed by atoms with Gasteiger partial charge in [0.25, 0.3) is 5.85 Å². The number of benzene rings is 1. The van der Waals surface area contributed by atoms with Crippen LogP contribution in [0.2, 0.25) is 0 Å². The van der Waals surface area contributed by atoms with Gasteiger partial charge in [-0.15, -0.1) is 0 Å². The Hall–Kier alpha value is -1.79. The van der Waals surface area contributed by atoms with Crippen LogP contribution in [0.4, 0.5) is 28.0 Å². The number of alkyl halides is 4. The van der Waals surface area contributed by atoms with Crippen LogP contribution in [0.25, 0.3) is 0 Å². The Morgan fingerprint density at radius 3 is 2.58 bits per heavy atom. The van der Waals surface area contributed by atoms with Crippen molar-refractivity contribution in [1.29, 1.82) is 0 Å². The summed E-state index contributed by atoms with van der Waals surface area (Å²) < 4.78 is 56.3. The van der Waals surface area contributed by atoms with Gasteiger partial charge in [-0.2, -0.15) is 17.6 Å². The molecular formula is C12H11F4NO2. The van der Waals surface area contributed by atoms with Gasteiger partial charge in [0.1, 0.15) is 0 Å². The van der Waals surface area contributed by atoms with Crippen LogP contribution in [0, 0.1) is 0 Å². The van der Waals surface area contributed by atoms with Crippen molar-refractivity contribution < 1.29 is 27.1 Å². The molecule has 0 aliphatic carbocycles. The Balaban J connectivity index is 2.54. The van der Waals surface area contributed by atoms with Gasteiger partial charge in [-0.3, -0.25) is 4.90 Å². The molecule has 3 nitrogen and oxygen atoms in total. The predicted molar refractivity (Wildman–Crippen MR) is 59.5 cm³/mol. The number of rotatable bonds is 0. The molecule has 1 atom stereocenters. The number of halogens is 4. The van der Waals surface area contributed by atoms with Gasteiger partial charge in [0.15, 0.2) is 0 Å². The molecule has 1 amide bonds. The summed E-state index contributed by atoms with van der Waals surface area (Å²) in [4.78, 5) is 12.4. The molecule has 0 saturated carbocycles. The lowest BCUT2D eigenvalue weighted by Crippen LogP contribution is -2.32. The maximum Gasteiger partial charge on any atom is 0.416 e. The lowest BCUT2D eigenvalue weighted by atomic mass is 10.0. The quantitative estimate of drug-likeness (QED) is 0.679. The number of hydrogen-bond acceptors (Lipinski definition) is 2. The van der Waals surface area contributed by atoms with Gasteiger partial charge in [0, 0.05) is 20.4 Å². The third-order valence-electron chi connectivity index (χ3n) is 2.85. The molecule has 1 unspecified atom stereocenters. The number of carbonyl (C=O) groups excluding carboxylic acids is 1. The van der Waals surface area contributed by atoms with Crippen LogP contribution in [-0.2, 0) is 17.3 Å². The van der Waals surface area contributed by atoms with Gasteiger partial charge in [-0.25, -0.2) is 4.79 Å². The minimum atomic E-state index is -4.52. The fraction of sp³-hybridized carbons (Fsp3) is 0.417. The number of anilines is 1. The van der Waals surface area contributed by atoms with Gasteiger partial charge < -0.3 is 4.74 Å². The fourth-order valence-electron chi connectivity index (χ4n) is 1.93. The average molecular weight is 277 g/mol. The molecule has 0 spiro atoms. The van der Waals surface area contributed by atoms with Crippen molar-refractivity contribution in [3.05, 3.63) is 29.3 Å². The zero-order valence-corrected chi connectivity index (χ0v) is 10.2. The summed E-state index contributed by atoms with van der Waals surface area (Å²) in [6.45, 7) is 1.06. The van der Waals surface area contributed by atoms with Crippen molar-refractivity contribution in [3.63, 3.8) is 0 Å². The van der Waals surface area contributed by atoms with Crippen molar-refractivity contribution in [2.75, 3.05) is 11.9 Å². The molecule has 1 heterocycles. The van der Waals surface area contributed by atoms with Gasteiger partial charge in [0.05, 0.1) is 11.3 Å². The van der Waals surface area contributed by atoms with Crippen LogP contribution >= 0.6 is 0 Å². The van der Waals surface area contributed by atoms with E-state index in [1.807, 2.05) is 0 Å². The highest BCUT2D eigenvalue weighted by Gasteiger charge is 2.38. The second kappa shape index (κ2) is 4.11. The summed E-state index contributed by atoms with van der Waals surface area (Å²) in [5.74, 6) is -2.24. The van der Waals surface area contributed by atoms with Crippen LogP contribution in [0.15, 0.2) is 18.2 Å². The number of hydrogen-bond donors (Lipinski definition) is 0. The first-order valence-corrected chi connectivity index (χ1v) is 5.46. The molecule has 1 aromatic carbocycles. The minimum Gasteiger partial charge on any atom is -0.412 e. The third kappa shape index (κ3) is 2.64. The Bertz CT molecular complexity index is 525. The van der Waals surface area contributed by atoms with Crippen LogP contribution in [0.1, 0.15) is 18.1 Å². The van der Waals surface area contributed by atoms with Crippen molar-refractivity contribution >= 4 is 11.8 Å². The van der Waals surface area contributed by atoms with E-state index in [1.54, 1.807) is 0 Å². The molecule has 7 heteroatoms. The van der Waals surface area contributed by atoms with E-state index < -0.39 is 23.7 Å². The smallest absolute Gasteiger partial charge is 0.412 e. The highest BCUT2D eigenvalue weighted by molar-refractivity contribution is 5.89. The zero-order valence-electron chi connectivity index (χ0n) is 10.2. The molecule has 1 aromatic rings. The molecule has 0 aromatic heterocycles. The van der Waals surface area contributed by atoms with Crippen molar-refractivity contribution in [1.82, 2.24) is 0 Å². The van der Waals surface area contributed by atoms with Crippen molar-refractivity contribution in [3.8, 4) is 0 Å². The van der Waals surface area contributed by atoms with E-state index in [-0.39, 0.29) is 17.7 Å². The van der Waals surface area contributed by atoms with Gasteiger partial charge in [0.2, 0.25) is 0 Å². The molecule has 19 heavy (non-hydrogen) atoms. The summed E-state index contributed by atoms with van der Waals surface area (Å²) in [5, 5.41) is 0. The SMILES string of the molecule is CN1C(=O)OC(C)(F)Cc2ccc(C(F)(F)F)cc21. The first-order chi connectivity index (χ1) is 8.60. The van der Waals surface area contributed by atoms with E-state index in [0.717, 1.165) is 30.0 Å². The number of amides is 1. The maximum atomic E-state index is 13.9. The number of carbonyl (C=O) groups is 1. The van der Waals surface area contributed by atoms with Crippen LogP contribution < -0.4 is 4.90 Å². The van der Waals surface area contributed by atoms with Crippen molar-refractivity contribution in [2.45, 2.75) is 25.4 Å². The van der Waals surface area contributed by atoms with Crippen LogP contribution in [-0.4, -0.2) is 19.0 Å². The third-order valence-corrected chi connectivity index (χ3v) is 2.85. The normalized spacial score (nSPS) is 23.7. The second-order valence-electron chi connectivity index (χ2n) is 4.55. The molecule has 0 bridgehead atoms. The summed E-state index contributed by atoms with van der Waals surface area (Å²) in [7, 11) is 1.24. The van der Waals surface area contributed by atoms with E-state index in [0.29, 0.717) is 0 Å². The highest BCUT2D eigenvalue weighted by atomic mass is 19.4. The predicted octanol–water partition coefficient (Wildman–Crippen LogP) is 3.52. The molecule has 2 rings (SSSR count). The standard InChI is InChI=1S/C12H11F4NO2/c1-11(13)6-7-3-4-8(12(14,15)16)5-9(7)17(2)10(18)19-11/h3-5H,6H2,1-2H3. The molecule has 1 aliphatic heterocycles. The largest absolute Gasteiger partial charge is 0.416 e. The maximum absolute atomic E-state index is 13.9. The summed E-state index contributed by atoms with van der Waals surface area (Å²) in [6.07, 6.45) is -5.84. The number of ether oxygens (including phenoxy) is 1. The minimum absolute atomic E-state index is 0.00111. The van der Waals surface area contributed by atoms with E-state index in [2.05, 4.69) is 4.74 Å². The highest BCUT2D eigenvalue weighted by Crippen LogP contribution is 2.37. The Morgan fingerprint density at radius 2 is 2.00 bits per heavy atom. The summed E-state index contributed by atoms with van der Waals surface area (Å²) >= 11 is 0. The van der Waals surface area contributed by atoms with Gasteiger partial charge in [-0.05, 0) is 17.7 Å². The molecule has 0 radical (unpaired) electrons. The first kappa shape index (κ1) is 13.6. The monoisotopic (exact) mass is 277 g/mol. The second-order valence-corrected chi connectivity index (χ2v) is 4.55. The zero-order chi connectivity index (χ0) is 14.4. The molecule has 0 fully saturated rings. The first-order valence-electron chi connectivity index (χ1n) is 5.46. The van der Waals surface area contributed by atoms with Crippen molar-refractivity contribution in [2.24, 2.45) is 0 Å². The van der Waals surface area contributed by atoms with E-state index in [1.165, 1.54) is 7.05 Å². The number of cyclic esters (lactones) is 1. The number of fused-ring (bicyclic) bond motifs is 1. The molecule has 0 saturated heterocycles. The molecule has 104 valence electrons. The molecular weight excluding hydrogens is 266 g/mol. The van der Waals surface area contributed by atoms with Crippen LogP contribution in [0.5, 0.6) is 0 Å². The topological polar surface area (TPSA) is 29.5 Å².